The Bertz CT molecular complexity index is 1060. The lowest BCUT2D eigenvalue weighted by Gasteiger charge is -2.13. The van der Waals surface area contributed by atoms with Crippen molar-refractivity contribution in [2.45, 2.75) is 60.3 Å². The largest absolute Gasteiger partial charge is 0.361 e. The van der Waals surface area contributed by atoms with Gasteiger partial charge in [-0.05, 0) is 68.9 Å². The van der Waals surface area contributed by atoms with E-state index in [9.17, 15) is 0 Å². The van der Waals surface area contributed by atoms with Crippen LogP contribution in [-0.4, -0.2) is 15.0 Å². The summed E-state index contributed by atoms with van der Waals surface area (Å²) in [4.78, 5) is 12.3. The molecule has 0 atom stereocenters. The number of hydrogen-bond acceptors (Lipinski definition) is 2. The first kappa shape index (κ1) is 20.1. The molecule has 3 nitrogen and oxygen atoms in total. The molecule has 0 spiro atoms. The van der Waals surface area contributed by atoms with Gasteiger partial charge in [0.1, 0.15) is 0 Å². The highest BCUT2D eigenvalue weighted by atomic mass is 14.8. The smallest absolute Gasteiger partial charge is 0.159 e. The molecular formula is C25H31N3. The molecule has 0 aliphatic carbocycles. The summed E-state index contributed by atoms with van der Waals surface area (Å²) in [6, 6.07) is 4.22. The Morgan fingerprint density at radius 1 is 1.14 bits per heavy atom. The molecule has 0 aliphatic heterocycles. The van der Waals surface area contributed by atoms with Crippen molar-refractivity contribution < 1.29 is 0 Å². The van der Waals surface area contributed by atoms with E-state index in [2.05, 4.69) is 74.0 Å². The number of allylic oxidation sites excluding steroid dienone is 6. The van der Waals surface area contributed by atoms with Crippen LogP contribution in [0.2, 0.25) is 0 Å². The molecule has 3 heterocycles. The maximum Gasteiger partial charge on any atom is 0.159 e. The fraction of sp³-hybridized carbons (Fsp3) is 0.360. The maximum absolute atomic E-state index is 4.49. The van der Waals surface area contributed by atoms with Crippen molar-refractivity contribution in [3.8, 4) is 0 Å². The van der Waals surface area contributed by atoms with E-state index in [1.165, 1.54) is 35.1 Å². The summed E-state index contributed by atoms with van der Waals surface area (Å²) in [6.07, 6.45) is 15.1. The van der Waals surface area contributed by atoms with Crippen molar-refractivity contribution in [3.63, 3.8) is 0 Å². The lowest BCUT2D eigenvalue weighted by atomic mass is 9.95. The van der Waals surface area contributed by atoms with Gasteiger partial charge in [-0.1, -0.05) is 38.0 Å². The molecule has 3 rings (SSSR count). The minimum atomic E-state index is 0.803. The van der Waals surface area contributed by atoms with E-state index >= 15 is 0 Å². The fourth-order valence-electron chi connectivity index (χ4n) is 3.71. The summed E-state index contributed by atoms with van der Waals surface area (Å²) >= 11 is 0. The quantitative estimate of drug-likeness (QED) is 0.439. The Morgan fingerprint density at radius 3 is 2.68 bits per heavy atom. The summed E-state index contributed by atoms with van der Waals surface area (Å²) in [7, 11) is 0. The first-order valence-corrected chi connectivity index (χ1v) is 10.3. The van der Waals surface area contributed by atoms with E-state index in [0.29, 0.717) is 0 Å². The van der Waals surface area contributed by atoms with E-state index in [-0.39, 0.29) is 0 Å². The van der Waals surface area contributed by atoms with Crippen molar-refractivity contribution in [2.75, 3.05) is 0 Å². The van der Waals surface area contributed by atoms with Crippen molar-refractivity contribution >= 4 is 27.4 Å². The average molecular weight is 374 g/mol. The number of pyridine rings is 2. The highest BCUT2D eigenvalue weighted by Gasteiger charge is 2.09. The third kappa shape index (κ3) is 4.09. The molecule has 3 aromatic rings. The Kier molecular flexibility index (Phi) is 6.45. The van der Waals surface area contributed by atoms with Crippen LogP contribution in [-0.2, 0) is 0 Å². The number of aromatic nitrogens is 3. The van der Waals surface area contributed by atoms with Gasteiger partial charge in [0.2, 0.25) is 0 Å². The van der Waals surface area contributed by atoms with Gasteiger partial charge in [0, 0.05) is 40.4 Å². The van der Waals surface area contributed by atoms with Crippen LogP contribution in [0.5, 0.6) is 0 Å². The van der Waals surface area contributed by atoms with Crippen LogP contribution in [0.3, 0.4) is 0 Å². The second-order valence-electron chi connectivity index (χ2n) is 7.45. The number of H-pyrrole nitrogens is 1. The molecule has 3 heteroatoms. The standard InChI is InChI=1S/C25H31N3/c1-6-9-10-19(17(4)7-2)13-18(5)21(8-3)24-14-20-15-28-25-22(11-12-26-25)23(20)16-27-24/h8,11-16,27H,6-7,9-10H2,1-5H3/b18-13-,19-17+,21-8+. The molecule has 3 aromatic heterocycles. The number of nitrogens with zero attached hydrogens (tertiary/aromatic N) is 2. The van der Waals surface area contributed by atoms with Crippen molar-refractivity contribution in [2.24, 2.45) is 0 Å². The highest BCUT2D eigenvalue weighted by Crippen LogP contribution is 2.29. The van der Waals surface area contributed by atoms with E-state index in [1.807, 2.05) is 18.5 Å². The van der Waals surface area contributed by atoms with Crippen LogP contribution in [0.25, 0.3) is 27.4 Å². The number of aromatic amines is 1. The lowest BCUT2D eigenvalue weighted by Crippen LogP contribution is -1.94. The van der Waals surface area contributed by atoms with Crippen molar-refractivity contribution in [1.82, 2.24) is 15.0 Å². The van der Waals surface area contributed by atoms with Gasteiger partial charge in [0.15, 0.2) is 5.65 Å². The molecule has 28 heavy (non-hydrogen) atoms. The molecule has 146 valence electrons. The van der Waals surface area contributed by atoms with Gasteiger partial charge in [0.25, 0.3) is 0 Å². The monoisotopic (exact) mass is 373 g/mol. The summed E-state index contributed by atoms with van der Waals surface area (Å²) in [5.74, 6) is 0. The molecule has 0 fully saturated rings. The van der Waals surface area contributed by atoms with Crippen LogP contribution in [0, 0.1) is 0 Å². The van der Waals surface area contributed by atoms with E-state index in [1.54, 1.807) is 0 Å². The van der Waals surface area contributed by atoms with Crippen molar-refractivity contribution in [3.05, 3.63) is 65.3 Å². The SMILES string of the molecule is C\C=C(/C(C)=C\C(CCCC)=C(/C)CC)c1cc2cnc3nccc3c2c[nH]1. The summed E-state index contributed by atoms with van der Waals surface area (Å²) in [6.45, 7) is 11.1. The van der Waals surface area contributed by atoms with Crippen LogP contribution in [0.4, 0.5) is 0 Å². The minimum Gasteiger partial charge on any atom is -0.361 e. The maximum atomic E-state index is 4.49. The molecule has 0 bridgehead atoms. The highest BCUT2D eigenvalue weighted by molar-refractivity contribution is 6.04. The van der Waals surface area contributed by atoms with Gasteiger partial charge in [-0.3, -0.25) is 0 Å². The number of unbranched alkanes of at least 4 members (excludes halogenated alkanes) is 1. The van der Waals surface area contributed by atoms with Gasteiger partial charge in [-0.2, -0.15) is 0 Å². The summed E-state index contributed by atoms with van der Waals surface area (Å²) < 4.78 is 0. The molecule has 0 saturated carbocycles. The number of nitrogens with one attached hydrogen (secondary N) is 1. The predicted octanol–water partition coefficient (Wildman–Crippen LogP) is 7.38. The molecule has 0 aliphatic rings. The van der Waals surface area contributed by atoms with E-state index < -0.39 is 0 Å². The topological polar surface area (TPSA) is 41.6 Å². The van der Waals surface area contributed by atoms with Crippen LogP contribution >= 0.6 is 0 Å². The molecule has 0 aromatic carbocycles. The molecule has 1 N–H and O–H groups in total. The van der Waals surface area contributed by atoms with Gasteiger partial charge in [-0.15, -0.1) is 0 Å². The Labute approximate surface area is 168 Å². The zero-order valence-electron chi connectivity index (χ0n) is 17.8. The first-order chi connectivity index (χ1) is 13.6. The fourth-order valence-corrected chi connectivity index (χ4v) is 3.71. The third-order valence-corrected chi connectivity index (χ3v) is 5.55. The van der Waals surface area contributed by atoms with Crippen LogP contribution in [0.1, 0.15) is 66.0 Å². The molecule has 0 radical (unpaired) electrons. The summed E-state index contributed by atoms with van der Waals surface area (Å²) in [5.41, 5.74) is 7.42. The molecule has 0 saturated heterocycles. The van der Waals surface area contributed by atoms with Gasteiger partial charge in [-0.25, -0.2) is 9.97 Å². The van der Waals surface area contributed by atoms with Gasteiger partial charge < -0.3 is 4.98 Å². The number of hydrogen-bond donors (Lipinski definition) is 1. The van der Waals surface area contributed by atoms with E-state index in [4.69, 9.17) is 0 Å². The molecule has 0 amide bonds. The normalized spacial score (nSPS) is 14.0. The number of rotatable bonds is 7. The Hall–Kier alpha value is -2.68. The Morgan fingerprint density at radius 2 is 1.96 bits per heavy atom. The zero-order chi connectivity index (χ0) is 20.1. The second kappa shape index (κ2) is 9.01. The minimum absolute atomic E-state index is 0.803. The molecule has 0 unspecified atom stereocenters. The zero-order valence-corrected chi connectivity index (χ0v) is 17.8. The summed E-state index contributed by atoms with van der Waals surface area (Å²) in [5, 5.41) is 3.39. The second-order valence-corrected chi connectivity index (χ2v) is 7.45. The van der Waals surface area contributed by atoms with Crippen molar-refractivity contribution in [1.29, 1.82) is 0 Å². The molecular weight excluding hydrogens is 342 g/mol. The van der Waals surface area contributed by atoms with Gasteiger partial charge >= 0.3 is 0 Å². The van der Waals surface area contributed by atoms with Gasteiger partial charge in [0.05, 0.1) is 0 Å². The predicted molar refractivity (Wildman–Crippen MR) is 121 cm³/mol. The lowest BCUT2D eigenvalue weighted by molar-refractivity contribution is 0.787. The number of fused-ring (bicyclic) bond motifs is 3. The van der Waals surface area contributed by atoms with Crippen LogP contribution in [0.15, 0.2) is 59.6 Å². The first-order valence-electron chi connectivity index (χ1n) is 10.3. The van der Waals surface area contributed by atoms with Crippen LogP contribution < -0.4 is 0 Å². The average Bonchev–Trinajstić information content (AvgIpc) is 3.20. The Balaban J connectivity index is 2.01. The third-order valence-electron chi connectivity index (χ3n) is 5.55. The van der Waals surface area contributed by atoms with E-state index in [0.717, 1.165) is 40.3 Å².